The summed E-state index contributed by atoms with van der Waals surface area (Å²) >= 11 is 3.42. The van der Waals surface area contributed by atoms with Crippen LogP contribution in [0.3, 0.4) is 0 Å². The fourth-order valence-corrected chi connectivity index (χ4v) is 2.95. The average molecular weight is 327 g/mol. The zero-order chi connectivity index (χ0) is 13.4. The van der Waals surface area contributed by atoms with Gasteiger partial charge >= 0.3 is 0 Å². The van der Waals surface area contributed by atoms with Crippen LogP contribution in [-0.4, -0.2) is 43.2 Å². The number of rotatable bonds is 1. The van der Waals surface area contributed by atoms with Gasteiger partial charge in [0.05, 0.1) is 4.47 Å². The molecular weight excluding hydrogens is 312 g/mol. The molecular formula is C13H15BrN2O3. The van der Waals surface area contributed by atoms with E-state index in [1.54, 1.807) is 17.0 Å². The Bertz CT molecular complexity index is 521. The second-order valence-corrected chi connectivity index (χ2v) is 5.64. The van der Waals surface area contributed by atoms with Crippen molar-refractivity contribution >= 4 is 21.8 Å². The summed E-state index contributed by atoms with van der Waals surface area (Å²) in [6.07, 6.45) is 0.859. The number of hydrogen-bond donors (Lipinski definition) is 1. The standard InChI is InChI=1S/C13H15BrN2O3/c14-10-5-8(6-11-12(10)19-4-3-18-11)13(17)16-2-1-9(15)7-16/h5-6,9H,1-4,7,15H2/t9-/m1/s1. The highest BCUT2D eigenvalue weighted by atomic mass is 79.9. The zero-order valence-electron chi connectivity index (χ0n) is 10.4. The normalized spacial score (nSPS) is 21.6. The Labute approximate surface area is 119 Å². The van der Waals surface area contributed by atoms with Gasteiger partial charge < -0.3 is 20.1 Å². The molecule has 1 aromatic carbocycles. The third-order valence-electron chi connectivity index (χ3n) is 3.36. The number of carbonyl (C=O) groups excluding carboxylic acids is 1. The Morgan fingerprint density at radius 3 is 2.89 bits per heavy atom. The van der Waals surface area contributed by atoms with E-state index in [0.717, 1.165) is 10.9 Å². The highest BCUT2D eigenvalue weighted by molar-refractivity contribution is 9.10. The molecule has 0 aliphatic carbocycles. The number of nitrogens with zero attached hydrogens (tertiary/aromatic N) is 1. The van der Waals surface area contributed by atoms with Crippen LogP contribution in [0.15, 0.2) is 16.6 Å². The van der Waals surface area contributed by atoms with Gasteiger partial charge in [-0.25, -0.2) is 0 Å². The maximum atomic E-state index is 12.4. The van der Waals surface area contributed by atoms with Crippen molar-refractivity contribution in [1.29, 1.82) is 0 Å². The van der Waals surface area contributed by atoms with Crippen LogP contribution in [0.1, 0.15) is 16.8 Å². The Hall–Kier alpha value is -1.27. The first-order valence-corrected chi connectivity index (χ1v) is 7.08. The molecule has 2 aliphatic rings. The van der Waals surface area contributed by atoms with E-state index in [0.29, 0.717) is 43.4 Å². The molecule has 2 aliphatic heterocycles. The predicted octanol–water partition coefficient (Wildman–Crippen LogP) is 1.39. The van der Waals surface area contributed by atoms with Crippen LogP contribution in [0.2, 0.25) is 0 Å². The minimum absolute atomic E-state index is 0.00868. The molecule has 0 bridgehead atoms. The highest BCUT2D eigenvalue weighted by Crippen LogP contribution is 2.38. The Morgan fingerprint density at radius 2 is 2.16 bits per heavy atom. The van der Waals surface area contributed by atoms with Gasteiger partial charge in [-0.05, 0) is 34.5 Å². The molecule has 1 amide bonds. The van der Waals surface area contributed by atoms with Crippen LogP contribution in [-0.2, 0) is 0 Å². The lowest BCUT2D eigenvalue weighted by atomic mass is 10.1. The number of nitrogens with two attached hydrogens (primary N) is 1. The van der Waals surface area contributed by atoms with Crippen molar-refractivity contribution in [3.63, 3.8) is 0 Å². The van der Waals surface area contributed by atoms with Crippen LogP contribution in [0.25, 0.3) is 0 Å². The molecule has 0 radical (unpaired) electrons. The monoisotopic (exact) mass is 326 g/mol. The molecule has 2 heterocycles. The molecule has 3 rings (SSSR count). The average Bonchev–Trinajstić information content (AvgIpc) is 2.84. The van der Waals surface area contributed by atoms with E-state index in [1.807, 2.05) is 0 Å². The Morgan fingerprint density at radius 1 is 1.37 bits per heavy atom. The largest absolute Gasteiger partial charge is 0.486 e. The van der Waals surface area contributed by atoms with Crippen molar-refractivity contribution in [1.82, 2.24) is 4.90 Å². The molecule has 1 atom stereocenters. The van der Waals surface area contributed by atoms with E-state index in [2.05, 4.69) is 15.9 Å². The summed E-state index contributed by atoms with van der Waals surface area (Å²) in [5, 5.41) is 0. The van der Waals surface area contributed by atoms with Crippen molar-refractivity contribution in [3.05, 3.63) is 22.2 Å². The summed E-state index contributed by atoms with van der Waals surface area (Å²) < 4.78 is 11.8. The first-order chi connectivity index (χ1) is 9.15. The van der Waals surface area contributed by atoms with Crippen LogP contribution < -0.4 is 15.2 Å². The second kappa shape index (κ2) is 5.02. The van der Waals surface area contributed by atoms with Gasteiger partial charge in [0.25, 0.3) is 5.91 Å². The number of carbonyl (C=O) groups is 1. The molecule has 1 aromatic rings. The van der Waals surface area contributed by atoms with Crippen LogP contribution >= 0.6 is 15.9 Å². The summed E-state index contributed by atoms with van der Waals surface area (Å²) in [6.45, 7) is 2.36. The van der Waals surface area contributed by atoms with E-state index in [4.69, 9.17) is 15.2 Å². The second-order valence-electron chi connectivity index (χ2n) is 4.78. The number of fused-ring (bicyclic) bond motifs is 1. The first kappa shape index (κ1) is 12.7. The third kappa shape index (κ3) is 2.42. The summed E-state index contributed by atoms with van der Waals surface area (Å²) in [5.41, 5.74) is 6.44. The molecule has 1 saturated heterocycles. The van der Waals surface area contributed by atoms with Gasteiger partial charge in [0.1, 0.15) is 13.2 Å². The van der Waals surface area contributed by atoms with Gasteiger partial charge in [-0.3, -0.25) is 4.79 Å². The lowest BCUT2D eigenvalue weighted by Gasteiger charge is -2.22. The third-order valence-corrected chi connectivity index (χ3v) is 3.94. The van der Waals surface area contributed by atoms with Crippen LogP contribution in [0, 0.1) is 0 Å². The van der Waals surface area contributed by atoms with E-state index in [9.17, 15) is 4.79 Å². The molecule has 1 fully saturated rings. The van der Waals surface area contributed by atoms with Gasteiger partial charge in [-0.15, -0.1) is 0 Å². The molecule has 0 saturated carbocycles. The zero-order valence-corrected chi connectivity index (χ0v) is 12.0. The summed E-state index contributed by atoms with van der Waals surface area (Å²) in [6, 6.07) is 3.61. The number of amides is 1. The fraction of sp³-hybridized carbons (Fsp3) is 0.462. The summed E-state index contributed by atoms with van der Waals surface area (Å²) in [4.78, 5) is 14.2. The molecule has 0 unspecified atom stereocenters. The topological polar surface area (TPSA) is 64.8 Å². The van der Waals surface area contributed by atoms with E-state index in [-0.39, 0.29) is 11.9 Å². The van der Waals surface area contributed by atoms with E-state index < -0.39 is 0 Å². The number of likely N-dealkylation sites (tertiary alicyclic amines) is 1. The maximum Gasteiger partial charge on any atom is 0.254 e. The molecule has 0 aromatic heterocycles. The number of hydrogen-bond acceptors (Lipinski definition) is 4. The predicted molar refractivity (Wildman–Crippen MR) is 73.6 cm³/mol. The van der Waals surface area contributed by atoms with Gasteiger partial charge in [-0.2, -0.15) is 0 Å². The van der Waals surface area contributed by atoms with Crippen molar-refractivity contribution < 1.29 is 14.3 Å². The molecule has 0 spiro atoms. The number of benzene rings is 1. The Kier molecular flexibility index (Phi) is 3.36. The molecule has 5 nitrogen and oxygen atoms in total. The first-order valence-electron chi connectivity index (χ1n) is 6.29. The lowest BCUT2D eigenvalue weighted by molar-refractivity contribution is 0.0789. The summed E-state index contributed by atoms with van der Waals surface area (Å²) in [5.74, 6) is 1.28. The fourth-order valence-electron chi connectivity index (χ4n) is 2.39. The van der Waals surface area contributed by atoms with E-state index >= 15 is 0 Å². The van der Waals surface area contributed by atoms with Crippen molar-refractivity contribution in [2.24, 2.45) is 5.73 Å². The quantitative estimate of drug-likeness (QED) is 0.847. The molecule has 102 valence electrons. The van der Waals surface area contributed by atoms with Gasteiger partial charge in [0.15, 0.2) is 11.5 Å². The lowest BCUT2D eigenvalue weighted by Crippen LogP contribution is -2.32. The molecule has 19 heavy (non-hydrogen) atoms. The minimum Gasteiger partial charge on any atom is -0.486 e. The van der Waals surface area contributed by atoms with Crippen molar-refractivity contribution in [3.8, 4) is 11.5 Å². The molecule has 2 N–H and O–H groups in total. The van der Waals surface area contributed by atoms with Crippen LogP contribution in [0.4, 0.5) is 0 Å². The van der Waals surface area contributed by atoms with Gasteiger partial charge in [-0.1, -0.05) is 0 Å². The SMILES string of the molecule is N[C@@H]1CCN(C(=O)c2cc(Br)c3c(c2)OCCO3)C1. The molecule has 6 heteroatoms. The number of ether oxygens (including phenoxy) is 2. The van der Waals surface area contributed by atoms with Crippen molar-refractivity contribution in [2.75, 3.05) is 26.3 Å². The number of halogens is 1. The summed E-state index contributed by atoms with van der Waals surface area (Å²) in [7, 11) is 0. The van der Waals surface area contributed by atoms with E-state index in [1.165, 1.54) is 0 Å². The van der Waals surface area contributed by atoms with Crippen LogP contribution in [0.5, 0.6) is 11.5 Å². The van der Waals surface area contributed by atoms with Gasteiger partial charge in [0.2, 0.25) is 0 Å². The minimum atomic E-state index is -0.00868. The Balaban J connectivity index is 1.88. The van der Waals surface area contributed by atoms with Gasteiger partial charge in [0, 0.05) is 24.7 Å². The maximum absolute atomic E-state index is 12.4. The smallest absolute Gasteiger partial charge is 0.254 e. The highest BCUT2D eigenvalue weighted by Gasteiger charge is 2.26. The van der Waals surface area contributed by atoms with Crippen molar-refractivity contribution in [2.45, 2.75) is 12.5 Å².